The number of aromatic amines is 1. The van der Waals surface area contributed by atoms with Crippen LogP contribution >= 0.6 is 12.2 Å². The molecule has 1 saturated heterocycles. The first-order valence-electron chi connectivity index (χ1n) is 11.1. The molecule has 1 aliphatic heterocycles. The first-order chi connectivity index (χ1) is 14.9. The topological polar surface area (TPSA) is 54.0 Å². The fourth-order valence-electron chi connectivity index (χ4n) is 5.62. The molecule has 2 fully saturated rings. The molecule has 5 nitrogen and oxygen atoms in total. The van der Waals surface area contributed by atoms with Gasteiger partial charge >= 0.3 is 0 Å². The molecule has 3 atom stereocenters. The fourth-order valence-corrected chi connectivity index (χ4v) is 5.94. The lowest BCUT2D eigenvalue weighted by Crippen LogP contribution is -2.40. The van der Waals surface area contributed by atoms with Crippen molar-refractivity contribution < 1.29 is 4.74 Å². The van der Waals surface area contributed by atoms with Crippen LogP contribution in [-0.2, 0) is 0 Å². The number of para-hydroxylation sites is 1. The summed E-state index contributed by atoms with van der Waals surface area (Å²) in [6, 6.07) is 14.5. The van der Waals surface area contributed by atoms with E-state index < -0.39 is 0 Å². The Bertz CT molecular complexity index is 1340. The number of hydrogen-bond acceptors (Lipinski definition) is 4. The molecule has 2 aliphatic rings. The first kappa shape index (κ1) is 19.0. The van der Waals surface area contributed by atoms with Gasteiger partial charge < -0.3 is 14.6 Å². The van der Waals surface area contributed by atoms with E-state index in [1.54, 1.807) is 0 Å². The molecule has 6 rings (SSSR count). The highest BCUT2D eigenvalue weighted by Gasteiger charge is 2.48. The predicted octanol–water partition coefficient (Wildman–Crippen LogP) is 5.68. The zero-order valence-corrected chi connectivity index (χ0v) is 18.9. The van der Waals surface area contributed by atoms with Crippen LogP contribution < -0.4 is 4.74 Å². The molecule has 31 heavy (non-hydrogen) atoms. The number of rotatable bonds is 1. The van der Waals surface area contributed by atoms with E-state index in [-0.39, 0.29) is 0 Å². The van der Waals surface area contributed by atoms with Crippen molar-refractivity contribution in [2.24, 2.45) is 17.3 Å². The highest BCUT2D eigenvalue weighted by Crippen LogP contribution is 2.49. The average molecular weight is 431 g/mol. The quantitative estimate of drug-likeness (QED) is 0.394. The maximum absolute atomic E-state index is 6.18. The average Bonchev–Trinajstić information content (AvgIpc) is 3.29. The SMILES string of the molecule is C[C@@H]1[C@H]2C[C@@H](CC1(C)C)N(C(=S)Oc1ccc3nc4[nH]c5ccccc5c4nc3c1)C2. The molecule has 1 N–H and O–H groups in total. The number of aromatic nitrogens is 3. The van der Waals surface area contributed by atoms with Gasteiger partial charge in [-0.2, -0.15) is 0 Å². The van der Waals surface area contributed by atoms with E-state index >= 15 is 0 Å². The van der Waals surface area contributed by atoms with Crippen molar-refractivity contribution in [2.75, 3.05) is 6.54 Å². The van der Waals surface area contributed by atoms with Crippen molar-refractivity contribution in [1.82, 2.24) is 19.9 Å². The maximum atomic E-state index is 6.18. The lowest BCUT2D eigenvalue weighted by molar-refractivity contribution is 0.106. The molecule has 1 saturated carbocycles. The van der Waals surface area contributed by atoms with Gasteiger partial charge in [-0.15, -0.1) is 0 Å². The van der Waals surface area contributed by atoms with E-state index in [9.17, 15) is 0 Å². The Morgan fingerprint density at radius 1 is 1.16 bits per heavy atom. The summed E-state index contributed by atoms with van der Waals surface area (Å²) in [5, 5.41) is 1.66. The van der Waals surface area contributed by atoms with Crippen LogP contribution in [0.1, 0.15) is 33.6 Å². The van der Waals surface area contributed by atoms with Gasteiger partial charge in [0.05, 0.1) is 11.0 Å². The summed E-state index contributed by atoms with van der Waals surface area (Å²) in [5.74, 6) is 2.11. The normalized spacial score (nSPS) is 24.9. The van der Waals surface area contributed by atoms with Crippen molar-refractivity contribution in [1.29, 1.82) is 0 Å². The third kappa shape index (κ3) is 2.99. The number of thiocarbonyl (C=S) groups is 1. The van der Waals surface area contributed by atoms with Gasteiger partial charge in [0.15, 0.2) is 5.65 Å². The summed E-state index contributed by atoms with van der Waals surface area (Å²) in [7, 11) is 0. The minimum atomic E-state index is 0.348. The van der Waals surface area contributed by atoms with Crippen LogP contribution in [0.5, 0.6) is 5.75 Å². The summed E-state index contributed by atoms with van der Waals surface area (Å²) >= 11 is 5.75. The smallest absolute Gasteiger partial charge is 0.265 e. The van der Waals surface area contributed by atoms with E-state index in [1.807, 2.05) is 36.4 Å². The van der Waals surface area contributed by atoms with Crippen LogP contribution in [0.2, 0.25) is 0 Å². The van der Waals surface area contributed by atoms with Crippen LogP contribution in [0.25, 0.3) is 33.1 Å². The number of ether oxygens (including phenoxy) is 1. The molecule has 2 aromatic carbocycles. The van der Waals surface area contributed by atoms with Crippen LogP contribution in [0, 0.1) is 17.3 Å². The van der Waals surface area contributed by atoms with E-state index in [0.29, 0.717) is 28.5 Å². The number of nitrogens with one attached hydrogen (secondary N) is 1. The summed E-state index contributed by atoms with van der Waals surface area (Å²) in [6.07, 6.45) is 2.38. The molecule has 2 aromatic heterocycles. The fraction of sp³-hybridized carbons (Fsp3) is 0.400. The van der Waals surface area contributed by atoms with Gasteiger partial charge in [-0.05, 0) is 60.5 Å². The van der Waals surface area contributed by atoms with Crippen molar-refractivity contribution in [3.63, 3.8) is 0 Å². The van der Waals surface area contributed by atoms with Crippen LogP contribution in [0.4, 0.5) is 0 Å². The molecule has 0 amide bonds. The molecule has 158 valence electrons. The van der Waals surface area contributed by atoms with Crippen molar-refractivity contribution >= 4 is 50.5 Å². The Kier molecular flexibility index (Phi) is 4.06. The Morgan fingerprint density at radius 3 is 2.87 bits per heavy atom. The standard InChI is InChI=1S/C25H26N4OS/c1-14-15-10-16(12-25(14,2)3)29(13-15)24(31)30-17-8-9-20-21(11-17)26-22-18-6-4-5-7-19(18)27-23(22)28-20/h4-9,11,14-16H,10,12-13H2,1-3H3,(H,27,28)/t14-,15+,16+/m1/s1. The summed E-state index contributed by atoms with van der Waals surface area (Å²) in [4.78, 5) is 15.3. The zero-order chi connectivity index (χ0) is 21.3. The third-order valence-electron chi connectivity index (χ3n) is 7.66. The molecule has 0 unspecified atom stereocenters. The monoisotopic (exact) mass is 430 g/mol. The lowest BCUT2D eigenvalue weighted by Gasteiger charge is -2.40. The molecule has 1 aliphatic carbocycles. The van der Waals surface area contributed by atoms with Gasteiger partial charge in [-0.25, -0.2) is 9.97 Å². The lowest BCUT2D eigenvalue weighted by atomic mass is 9.65. The van der Waals surface area contributed by atoms with E-state index in [4.69, 9.17) is 26.9 Å². The largest absolute Gasteiger partial charge is 0.432 e. The molecule has 3 heterocycles. The second-order valence-corrected chi connectivity index (χ2v) is 10.2. The van der Waals surface area contributed by atoms with Crippen molar-refractivity contribution in [2.45, 2.75) is 39.7 Å². The van der Waals surface area contributed by atoms with E-state index in [2.05, 4.69) is 36.7 Å². The van der Waals surface area contributed by atoms with Crippen LogP contribution in [0.3, 0.4) is 0 Å². The second-order valence-electron chi connectivity index (χ2n) is 9.89. The Morgan fingerprint density at radius 2 is 2.00 bits per heavy atom. The number of fused-ring (bicyclic) bond motifs is 6. The number of nitrogens with zero attached hydrogens (tertiary/aromatic N) is 3. The summed E-state index contributed by atoms with van der Waals surface area (Å²) in [5.41, 5.74) is 4.73. The van der Waals surface area contributed by atoms with E-state index in [0.717, 1.165) is 51.8 Å². The minimum Gasteiger partial charge on any atom is -0.432 e. The molecule has 2 bridgehead atoms. The van der Waals surface area contributed by atoms with Gasteiger partial charge in [-0.1, -0.05) is 39.0 Å². The molecule has 0 spiro atoms. The summed E-state index contributed by atoms with van der Waals surface area (Å²) in [6.45, 7) is 8.16. The highest BCUT2D eigenvalue weighted by molar-refractivity contribution is 7.80. The Labute approximate surface area is 186 Å². The molecular formula is C25H26N4OS. The van der Waals surface area contributed by atoms with Gasteiger partial charge in [0.2, 0.25) is 0 Å². The van der Waals surface area contributed by atoms with E-state index in [1.165, 1.54) is 6.42 Å². The van der Waals surface area contributed by atoms with Gasteiger partial charge in [0, 0.05) is 29.6 Å². The van der Waals surface area contributed by atoms with Gasteiger partial charge in [0.25, 0.3) is 5.17 Å². The van der Waals surface area contributed by atoms with Gasteiger partial charge in [0.1, 0.15) is 11.3 Å². The first-order valence-corrected chi connectivity index (χ1v) is 11.5. The summed E-state index contributed by atoms with van der Waals surface area (Å²) < 4.78 is 6.18. The molecule has 6 heteroatoms. The van der Waals surface area contributed by atoms with Crippen molar-refractivity contribution in [3.8, 4) is 5.75 Å². The number of hydrogen-bond donors (Lipinski definition) is 1. The van der Waals surface area contributed by atoms with Crippen LogP contribution in [-0.4, -0.2) is 37.6 Å². The maximum Gasteiger partial charge on any atom is 0.265 e. The molecular weight excluding hydrogens is 404 g/mol. The second kappa shape index (κ2) is 6.63. The van der Waals surface area contributed by atoms with Crippen LogP contribution in [0.15, 0.2) is 42.5 Å². The number of H-pyrrole nitrogens is 1. The molecule has 4 aromatic rings. The Balaban J connectivity index is 1.30. The third-order valence-corrected chi connectivity index (χ3v) is 7.98. The zero-order valence-electron chi connectivity index (χ0n) is 18.1. The highest BCUT2D eigenvalue weighted by atomic mass is 32.1. The van der Waals surface area contributed by atoms with Crippen molar-refractivity contribution in [3.05, 3.63) is 42.5 Å². The Hall–Kier alpha value is -2.73. The van der Waals surface area contributed by atoms with Gasteiger partial charge in [-0.3, -0.25) is 0 Å². The molecule has 0 radical (unpaired) electrons. The minimum absolute atomic E-state index is 0.348. The number of likely N-dealkylation sites (tertiary alicyclic amines) is 1. The predicted molar refractivity (Wildman–Crippen MR) is 128 cm³/mol. The number of benzene rings is 2.